The standard InChI is InChI=1S/C16H15FN2S/c1-11(12-5-4-6-13(17)9-12)18-10-16-19-14-7-2-3-8-15(14)20-16/h2-9,11,18H,10H2,1H3/t11-/m1/s1. The van der Waals surface area contributed by atoms with Crippen molar-refractivity contribution in [3.05, 3.63) is 64.9 Å². The molecule has 2 aromatic carbocycles. The summed E-state index contributed by atoms with van der Waals surface area (Å²) in [4.78, 5) is 4.58. The van der Waals surface area contributed by atoms with Crippen LogP contribution in [-0.2, 0) is 6.54 Å². The second-order valence-electron chi connectivity index (χ2n) is 4.73. The van der Waals surface area contributed by atoms with E-state index in [0.717, 1.165) is 16.1 Å². The number of rotatable bonds is 4. The van der Waals surface area contributed by atoms with Crippen LogP contribution in [0.5, 0.6) is 0 Å². The van der Waals surface area contributed by atoms with Gasteiger partial charge in [0.2, 0.25) is 0 Å². The van der Waals surface area contributed by atoms with Gasteiger partial charge < -0.3 is 5.32 Å². The van der Waals surface area contributed by atoms with E-state index in [9.17, 15) is 4.39 Å². The van der Waals surface area contributed by atoms with E-state index in [1.54, 1.807) is 23.5 Å². The van der Waals surface area contributed by atoms with Crippen molar-refractivity contribution in [3.8, 4) is 0 Å². The van der Waals surface area contributed by atoms with Gasteiger partial charge in [-0.2, -0.15) is 0 Å². The van der Waals surface area contributed by atoms with Crippen LogP contribution < -0.4 is 5.32 Å². The minimum atomic E-state index is -0.198. The first-order valence-electron chi connectivity index (χ1n) is 6.55. The van der Waals surface area contributed by atoms with Crippen LogP contribution in [0, 0.1) is 5.82 Å². The molecule has 0 amide bonds. The third-order valence-corrected chi connectivity index (χ3v) is 4.28. The van der Waals surface area contributed by atoms with Crippen molar-refractivity contribution in [2.24, 2.45) is 0 Å². The summed E-state index contributed by atoms with van der Waals surface area (Å²) in [5.74, 6) is -0.198. The van der Waals surface area contributed by atoms with Crippen LogP contribution in [0.25, 0.3) is 10.2 Å². The number of nitrogens with zero attached hydrogens (tertiary/aromatic N) is 1. The highest BCUT2D eigenvalue weighted by Gasteiger charge is 2.08. The minimum absolute atomic E-state index is 0.0951. The molecule has 0 unspecified atom stereocenters. The van der Waals surface area contributed by atoms with E-state index in [1.165, 1.54) is 10.8 Å². The maximum Gasteiger partial charge on any atom is 0.123 e. The topological polar surface area (TPSA) is 24.9 Å². The monoisotopic (exact) mass is 286 g/mol. The number of hydrogen-bond donors (Lipinski definition) is 1. The lowest BCUT2D eigenvalue weighted by atomic mass is 10.1. The fourth-order valence-electron chi connectivity index (χ4n) is 2.13. The van der Waals surface area contributed by atoms with Crippen molar-refractivity contribution in [2.75, 3.05) is 0 Å². The van der Waals surface area contributed by atoms with Gasteiger partial charge in [-0.25, -0.2) is 9.37 Å². The van der Waals surface area contributed by atoms with E-state index in [1.807, 2.05) is 31.2 Å². The first-order chi connectivity index (χ1) is 9.72. The summed E-state index contributed by atoms with van der Waals surface area (Å²) >= 11 is 1.69. The van der Waals surface area contributed by atoms with Crippen molar-refractivity contribution >= 4 is 21.6 Å². The Labute approximate surface area is 121 Å². The zero-order valence-electron chi connectivity index (χ0n) is 11.1. The molecule has 1 atom stereocenters. The summed E-state index contributed by atoms with van der Waals surface area (Å²) in [6.07, 6.45) is 0. The van der Waals surface area contributed by atoms with Gasteiger partial charge in [0.25, 0.3) is 0 Å². The zero-order valence-corrected chi connectivity index (χ0v) is 12.0. The van der Waals surface area contributed by atoms with E-state index in [0.29, 0.717) is 6.54 Å². The molecular formula is C16H15FN2S. The smallest absolute Gasteiger partial charge is 0.123 e. The van der Waals surface area contributed by atoms with Gasteiger partial charge in [-0.05, 0) is 36.8 Å². The Balaban J connectivity index is 1.69. The van der Waals surface area contributed by atoms with Crippen LogP contribution in [0.2, 0.25) is 0 Å². The lowest BCUT2D eigenvalue weighted by molar-refractivity contribution is 0.564. The van der Waals surface area contributed by atoms with E-state index >= 15 is 0 Å². The molecule has 0 saturated carbocycles. The Hall–Kier alpha value is -1.78. The molecule has 20 heavy (non-hydrogen) atoms. The second kappa shape index (κ2) is 5.69. The molecule has 1 heterocycles. The van der Waals surface area contributed by atoms with Crippen molar-refractivity contribution in [3.63, 3.8) is 0 Å². The van der Waals surface area contributed by atoms with E-state index in [4.69, 9.17) is 0 Å². The van der Waals surface area contributed by atoms with Crippen LogP contribution in [0.4, 0.5) is 4.39 Å². The number of hydrogen-bond acceptors (Lipinski definition) is 3. The van der Waals surface area contributed by atoms with Crippen LogP contribution >= 0.6 is 11.3 Å². The van der Waals surface area contributed by atoms with E-state index < -0.39 is 0 Å². The summed E-state index contributed by atoms with van der Waals surface area (Å²) in [5.41, 5.74) is 1.99. The van der Waals surface area contributed by atoms with Crippen LogP contribution in [0.1, 0.15) is 23.5 Å². The lowest BCUT2D eigenvalue weighted by Crippen LogP contribution is -2.18. The van der Waals surface area contributed by atoms with Gasteiger partial charge in [0.15, 0.2) is 0 Å². The van der Waals surface area contributed by atoms with Crippen molar-refractivity contribution in [1.82, 2.24) is 10.3 Å². The first kappa shape index (κ1) is 13.2. The SMILES string of the molecule is C[C@@H](NCc1nc2ccccc2s1)c1cccc(F)c1. The highest BCUT2D eigenvalue weighted by molar-refractivity contribution is 7.18. The molecular weight excluding hydrogens is 271 g/mol. The van der Waals surface area contributed by atoms with Crippen LogP contribution in [0.3, 0.4) is 0 Å². The number of benzene rings is 2. The number of aromatic nitrogens is 1. The van der Waals surface area contributed by atoms with Gasteiger partial charge in [-0.3, -0.25) is 0 Å². The van der Waals surface area contributed by atoms with Gasteiger partial charge in [0.05, 0.1) is 10.2 Å². The number of fused-ring (bicyclic) bond motifs is 1. The van der Waals surface area contributed by atoms with Gasteiger partial charge >= 0.3 is 0 Å². The molecule has 0 saturated heterocycles. The average Bonchev–Trinajstić information content (AvgIpc) is 2.87. The molecule has 0 radical (unpaired) electrons. The fraction of sp³-hybridized carbons (Fsp3) is 0.188. The molecule has 0 fully saturated rings. The third kappa shape index (κ3) is 2.86. The van der Waals surface area contributed by atoms with Crippen molar-refractivity contribution in [2.45, 2.75) is 19.5 Å². The van der Waals surface area contributed by atoms with Gasteiger partial charge in [-0.15, -0.1) is 11.3 Å². The Bertz CT molecular complexity index is 690. The number of thiazole rings is 1. The molecule has 102 valence electrons. The Morgan fingerprint density at radius 2 is 2.05 bits per heavy atom. The summed E-state index contributed by atoms with van der Waals surface area (Å²) < 4.78 is 14.4. The van der Waals surface area contributed by atoms with Crippen molar-refractivity contribution in [1.29, 1.82) is 0 Å². The molecule has 1 N–H and O–H groups in total. The summed E-state index contributed by atoms with van der Waals surface area (Å²) in [5, 5.41) is 4.44. The third-order valence-electron chi connectivity index (χ3n) is 3.25. The van der Waals surface area contributed by atoms with Gasteiger partial charge in [0.1, 0.15) is 10.8 Å². The van der Waals surface area contributed by atoms with E-state index in [-0.39, 0.29) is 11.9 Å². The number of para-hydroxylation sites is 1. The predicted molar refractivity (Wildman–Crippen MR) is 81.3 cm³/mol. The summed E-state index contributed by atoms with van der Waals surface area (Å²) in [6, 6.07) is 14.9. The molecule has 0 aliphatic heterocycles. The Kier molecular flexibility index (Phi) is 3.76. The molecule has 0 bridgehead atoms. The maximum atomic E-state index is 13.2. The molecule has 0 aliphatic rings. The zero-order chi connectivity index (χ0) is 13.9. The normalized spacial score (nSPS) is 12.7. The minimum Gasteiger partial charge on any atom is -0.304 e. The first-order valence-corrected chi connectivity index (χ1v) is 7.37. The fourth-order valence-corrected chi connectivity index (χ4v) is 3.05. The Morgan fingerprint density at radius 3 is 2.85 bits per heavy atom. The second-order valence-corrected chi connectivity index (χ2v) is 5.85. The lowest BCUT2D eigenvalue weighted by Gasteiger charge is -2.13. The molecule has 0 aliphatic carbocycles. The van der Waals surface area contributed by atoms with Crippen LogP contribution in [-0.4, -0.2) is 4.98 Å². The molecule has 2 nitrogen and oxygen atoms in total. The van der Waals surface area contributed by atoms with Crippen LogP contribution in [0.15, 0.2) is 48.5 Å². The van der Waals surface area contributed by atoms with Crippen molar-refractivity contribution < 1.29 is 4.39 Å². The summed E-state index contributed by atoms with van der Waals surface area (Å²) in [6.45, 7) is 2.72. The highest BCUT2D eigenvalue weighted by atomic mass is 32.1. The average molecular weight is 286 g/mol. The molecule has 3 aromatic rings. The quantitative estimate of drug-likeness (QED) is 0.774. The summed E-state index contributed by atoms with van der Waals surface area (Å²) in [7, 11) is 0. The Morgan fingerprint density at radius 1 is 1.20 bits per heavy atom. The molecule has 0 spiro atoms. The number of halogens is 1. The van der Waals surface area contributed by atoms with E-state index in [2.05, 4.69) is 16.4 Å². The highest BCUT2D eigenvalue weighted by Crippen LogP contribution is 2.22. The largest absolute Gasteiger partial charge is 0.304 e. The van der Waals surface area contributed by atoms with Gasteiger partial charge in [0, 0.05) is 12.6 Å². The maximum absolute atomic E-state index is 13.2. The van der Waals surface area contributed by atoms with Gasteiger partial charge in [-0.1, -0.05) is 24.3 Å². The predicted octanol–water partition coefficient (Wildman–Crippen LogP) is 4.29. The molecule has 1 aromatic heterocycles. The number of nitrogens with one attached hydrogen (secondary N) is 1. The molecule has 4 heteroatoms. The molecule has 3 rings (SSSR count).